The van der Waals surface area contributed by atoms with Gasteiger partial charge >= 0.3 is 0 Å². The van der Waals surface area contributed by atoms with Crippen LogP contribution in [0.15, 0.2) is 22.7 Å². The summed E-state index contributed by atoms with van der Waals surface area (Å²) in [5.41, 5.74) is 2.89. The van der Waals surface area contributed by atoms with Crippen molar-refractivity contribution in [1.82, 2.24) is 5.32 Å². The first-order valence-electron chi connectivity index (χ1n) is 7.72. The number of nitrogens with one attached hydrogen (secondary N) is 1. The summed E-state index contributed by atoms with van der Waals surface area (Å²) in [6.45, 7) is 5.50. The first kappa shape index (κ1) is 15.1. The summed E-state index contributed by atoms with van der Waals surface area (Å²) in [6.07, 6.45) is 8.41. The van der Waals surface area contributed by atoms with E-state index in [-0.39, 0.29) is 0 Å². The Hall–Kier alpha value is -0.340. The third kappa shape index (κ3) is 3.82. The zero-order valence-electron chi connectivity index (χ0n) is 12.2. The molecule has 106 valence electrons. The van der Waals surface area contributed by atoms with Gasteiger partial charge in [0.05, 0.1) is 0 Å². The highest BCUT2D eigenvalue weighted by Crippen LogP contribution is 2.36. The molecule has 1 unspecified atom stereocenters. The van der Waals surface area contributed by atoms with Crippen LogP contribution < -0.4 is 5.32 Å². The van der Waals surface area contributed by atoms with Gasteiger partial charge in [-0.2, -0.15) is 0 Å². The summed E-state index contributed by atoms with van der Waals surface area (Å²) >= 11 is 3.68. The maximum atomic E-state index is 3.74. The second-order valence-electron chi connectivity index (χ2n) is 5.74. The maximum Gasteiger partial charge on any atom is 0.0351 e. The highest BCUT2D eigenvalue weighted by Gasteiger charge is 2.24. The smallest absolute Gasteiger partial charge is 0.0351 e. The minimum Gasteiger partial charge on any atom is -0.310 e. The van der Waals surface area contributed by atoms with E-state index in [0.717, 1.165) is 12.5 Å². The number of halogens is 1. The van der Waals surface area contributed by atoms with Crippen molar-refractivity contribution in [3.63, 3.8) is 0 Å². The molecule has 1 aromatic rings. The molecule has 1 N–H and O–H groups in total. The van der Waals surface area contributed by atoms with Crippen LogP contribution in [-0.2, 0) is 0 Å². The van der Waals surface area contributed by atoms with E-state index in [1.54, 1.807) is 0 Å². The highest BCUT2D eigenvalue weighted by atomic mass is 79.9. The number of hydrogen-bond acceptors (Lipinski definition) is 1. The summed E-state index contributed by atoms with van der Waals surface area (Å²) < 4.78 is 1.24. The molecule has 0 spiro atoms. The third-order valence-electron chi connectivity index (χ3n) is 4.44. The van der Waals surface area contributed by atoms with E-state index in [2.05, 4.69) is 53.3 Å². The zero-order chi connectivity index (χ0) is 13.7. The molecule has 0 aliphatic heterocycles. The first-order chi connectivity index (χ1) is 9.24. The summed E-state index contributed by atoms with van der Waals surface area (Å²) in [4.78, 5) is 0. The molecule has 0 radical (unpaired) electrons. The summed E-state index contributed by atoms with van der Waals surface area (Å²) in [5.74, 6) is 0.801. The molecule has 1 fully saturated rings. The Bertz CT molecular complexity index is 394. The van der Waals surface area contributed by atoms with Gasteiger partial charge in [-0.3, -0.25) is 0 Å². The SMILES string of the molecule is CCNC(c1cccc(Br)c1C)C1CCCCCC1. The maximum absolute atomic E-state index is 3.74. The minimum absolute atomic E-state index is 0.528. The fraction of sp³-hybridized carbons (Fsp3) is 0.647. The minimum atomic E-state index is 0.528. The number of benzene rings is 1. The standard InChI is InChI=1S/C17H26BrN/c1-3-19-17(14-9-6-4-5-7-10-14)15-11-8-12-16(18)13(15)2/h8,11-12,14,17,19H,3-7,9-10H2,1-2H3. The van der Waals surface area contributed by atoms with Crippen molar-refractivity contribution in [1.29, 1.82) is 0 Å². The Morgan fingerprint density at radius 3 is 2.53 bits per heavy atom. The molecule has 1 aliphatic rings. The molecule has 1 aromatic carbocycles. The van der Waals surface area contributed by atoms with Crippen molar-refractivity contribution in [2.24, 2.45) is 5.92 Å². The predicted octanol–water partition coefficient (Wildman–Crippen LogP) is 5.38. The van der Waals surface area contributed by atoms with Gasteiger partial charge in [-0.15, -0.1) is 0 Å². The molecule has 2 rings (SSSR count). The van der Waals surface area contributed by atoms with Crippen LogP contribution in [0, 0.1) is 12.8 Å². The lowest BCUT2D eigenvalue weighted by molar-refractivity contribution is 0.329. The van der Waals surface area contributed by atoms with Crippen molar-refractivity contribution in [3.05, 3.63) is 33.8 Å². The summed E-state index contributed by atoms with van der Waals surface area (Å²) in [6, 6.07) is 7.15. The summed E-state index contributed by atoms with van der Waals surface area (Å²) in [5, 5.41) is 3.74. The number of rotatable bonds is 4. The topological polar surface area (TPSA) is 12.0 Å². The summed E-state index contributed by atoms with van der Waals surface area (Å²) in [7, 11) is 0. The second kappa shape index (κ2) is 7.44. The lowest BCUT2D eigenvalue weighted by Crippen LogP contribution is -2.28. The van der Waals surface area contributed by atoms with E-state index in [4.69, 9.17) is 0 Å². The van der Waals surface area contributed by atoms with Crippen molar-refractivity contribution in [2.75, 3.05) is 6.54 Å². The van der Waals surface area contributed by atoms with E-state index in [0.29, 0.717) is 6.04 Å². The van der Waals surface area contributed by atoms with Crippen LogP contribution >= 0.6 is 15.9 Å². The van der Waals surface area contributed by atoms with Gasteiger partial charge in [-0.25, -0.2) is 0 Å². The Morgan fingerprint density at radius 1 is 1.21 bits per heavy atom. The lowest BCUT2D eigenvalue weighted by atomic mass is 9.85. The molecule has 0 amide bonds. The molecule has 1 aliphatic carbocycles. The normalized spacial score (nSPS) is 19.1. The average Bonchev–Trinajstić information content (AvgIpc) is 2.68. The van der Waals surface area contributed by atoms with E-state index in [1.807, 2.05) is 0 Å². The van der Waals surface area contributed by atoms with Gasteiger partial charge in [0.1, 0.15) is 0 Å². The van der Waals surface area contributed by atoms with Crippen LogP contribution in [0.4, 0.5) is 0 Å². The fourth-order valence-electron chi connectivity index (χ4n) is 3.36. The van der Waals surface area contributed by atoms with Gasteiger partial charge in [-0.1, -0.05) is 60.7 Å². The van der Waals surface area contributed by atoms with Gasteiger partial charge in [0.25, 0.3) is 0 Å². The lowest BCUT2D eigenvalue weighted by Gasteiger charge is -2.29. The van der Waals surface area contributed by atoms with E-state index in [9.17, 15) is 0 Å². The van der Waals surface area contributed by atoms with Crippen LogP contribution in [0.3, 0.4) is 0 Å². The van der Waals surface area contributed by atoms with Crippen LogP contribution in [-0.4, -0.2) is 6.54 Å². The molecule has 0 bridgehead atoms. The van der Waals surface area contributed by atoms with Gasteiger partial charge in [-0.05, 0) is 49.4 Å². The van der Waals surface area contributed by atoms with Gasteiger partial charge < -0.3 is 5.32 Å². The Labute approximate surface area is 126 Å². The molecule has 0 heterocycles. The fourth-order valence-corrected chi connectivity index (χ4v) is 3.74. The van der Waals surface area contributed by atoms with Crippen molar-refractivity contribution >= 4 is 15.9 Å². The van der Waals surface area contributed by atoms with Crippen LogP contribution in [0.25, 0.3) is 0 Å². The Morgan fingerprint density at radius 2 is 1.89 bits per heavy atom. The van der Waals surface area contributed by atoms with Gasteiger partial charge in [0.2, 0.25) is 0 Å². The molecule has 0 saturated heterocycles. The molecular weight excluding hydrogens is 298 g/mol. The molecule has 0 aromatic heterocycles. The van der Waals surface area contributed by atoms with Crippen molar-refractivity contribution < 1.29 is 0 Å². The molecule has 2 heteroatoms. The van der Waals surface area contributed by atoms with E-state index >= 15 is 0 Å². The third-order valence-corrected chi connectivity index (χ3v) is 5.30. The predicted molar refractivity (Wildman–Crippen MR) is 86.5 cm³/mol. The van der Waals surface area contributed by atoms with Crippen molar-refractivity contribution in [3.8, 4) is 0 Å². The Kier molecular flexibility index (Phi) is 5.90. The monoisotopic (exact) mass is 323 g/mol. The number of hydrogen-bond donors (Lipinski definition) is 1. The van der Waals surface area contributed by atoms with Crippen LogP contribution in [0.5, 0.6) is 0 Å². The second-order valence-corrected chi connectivity index (χ2v) is 6.60. The van der Waals surface area contributed by atoms with Crippen molar-refractivity contribution in [2.45, 2.75) is 58.4 Å². The van der Waals surface area contributed by atoms with Crippen LogP contribution in [0.1, 0.15) is 62.6 Å². The average molecular weight is 324 g/mol. The molecule has 19 heavy (non-hydrogen) atoms. The van der Waals surface area contributed by atoms with E-state index < -0.39 is 0 Å². The molecular formula is C17H26BrN. The molecule has 1 nitrogen and oxygen atoms in total. The highest BCUT2D eigenvalue weighted by molar-refractivity contribution is 9.10. The quantitative estimate of drug-likeness (QED) is 0.733. The Balaban J connectivity index is 2.25. The molecule has 1 saturated carbocycles. The largest absolute Gasteiger partial charge is 0.310 e. The van der Waals surface area contributed by atoms with E-state index in [1.165, 1.54) is 54.1 Å². The van der Waals surface area contributed by atoms with Crippen LogP contribution in [0.2, 0.25) is 0 Å². The van der Waals surface area contributed by atoms with Gasteiger partial charge in [0.15, 0.2) is 0 Å². The molecule has 1 atom stereocenters. The van der Waals surface area contributed by atoms with Gasteiger partial charge in [0, 0.05) is 10.5 Å². The first-order valence-corrected chi connectivity index (χ1v) is 8.51. The zero-order valence-corrected chi connectivity index (χ0v) is 13.8.